The van der Waals surface area contributed by atoms with E-state index in [0.717, 1.165) is 0 Å². The van der Waals surface area contributed by atoms with Gasteiger partial charge >= 0.3 is 8.56 Å². The lowest BCUT2D eigenvalue weighted by Crippen LogP contribution is -2.68. The third-order valence-electron chi connectivity index (χ3n) is 5.21. The first-order valence-electron chi connectivity index (χ1n) is 8.06. The van der Waals surface area contributed by atoms with E-state index in [4.69, 9.17) is 13.6 Å². The summed E-state index contributed by atoms with van der Waals surface area (Å²) in [6.07, 6.45) is -0.856. The zero-order valence-electron chi connectivity index (χ0n) is 14.8. The molecule has 2 fully saturated rings. The third kappa shape index (κ3) is 2.72. The van der Waals surface area contributed by atoms with Crippen molar-refractivity contribution >= 4 is 8.56 Å². The Labute approximate surface area is 130 Å². The van der Waals surface area contributed by atoms with Gasteiger partial charge in [-0.15, -0.1) is 0 Å². The van der Waals surface area contributed by atoms with Gasteiger partial charge in [0.05, 0.1) is 12.7 Å². The van der Waals surface area contributed by atoms with Gasteiger partial charge in [-0.2, -0.15) is 0 Å². The van der Waals surface area contributed by atoms with Gasteiger partial charge in [-0.05, 0) is 5.92 Å². The number of hydrogen-bond donors (Lipinski definition) is 1. The van der Waals surface area contributed by atoms with Crippen molar-refractivity contribution in [2.45, 2.75) is 84.0 Å². The second kappa shape index (κ2) is 5.30. The summed E-state index contributed by atoms with van der Waals surface area (Å²) in [5, 5.41) is 9.98. The SMILES string of the molecule is CC1C(O)OC2CO[Si](C(C)(C)C)(C(C)(C)C)OC2C1C. The van der Waals surface area contributed by atoms with Crippen molar-refractivity contribution < 1.29 is 18.7 Å². The van der Waals surface area contributed by atoms with Crippen molar-refractivity contribution in [2.24, 2.45) is 11.8 Å². The maximum absolute atomic E-state index is 10.0. The van der Waals surface area contributed by atoms with Gasteiger partial charge in [0, 0.05) is 16.0 Å². The van der Waals surface area contributed by atoms with Crippen molar-refractivity contribution in [2.75, 3.05) is 6.61 Å². The molecule has 0 bridgehead atoms. The molecule has 2 heterocycles. The minimum atomic E-state index is -2.45. The molecule has 2 aliphatic heterocycles. The summed E-state index contributed by atoms with van der Waals surface area (Å²) < 4.78 is 18.8. The van der Waals surface area contributed by atoms with E-state index in [2.05, 4.69) is 48.5 Å². The topological polar surface area (TPSA) is 47.9 Å². The van der Waals surface area contributed by atoms with Gasteiger partial charge in [0.2, 0.25) is 0 Å². The lowest BCUT2D eigenvalue weighted by molar-refractivity contribution is -0.262. The number of ether oxygens (including phenoxy) is 1. The van der Waals surface area contributed by atoms with Crippen molar-refractivity contribution in [1.82, 2.24) is 0 Å². The smallest absolute Gasteiger partial charge is 0.349 e. The van der Waals surface area contributed by atoms with E-state index in [9.17, 15) is 5.11 Å². The fraction of sp³-hybridized carbons (Fsp3) is 1.00. The zero-order chi connectivity index (χ0) is 16.2. The molecule has 0 spiro atoms. The first kappa shape index (κ1) is 17.4. The molecule has 2 rings (SSSR count). The second-order valence-electron chi connectivity index (χ2n) is 8.79. The van der Waals surface area contributed by atoms with Crippen LogP contribution >= 0.6 is 0 Å². The summed E-state index contributed by atoms with van der Waals surface area (Å²) in [7, 11) is -2.45. The highest BCUT2D eigenvalue weighted by Gasteiger charge is 2.63. The molecule has 0 aromatic heterocycles. The van der Waals surface area contributed by atoms with Crippen LogP contribution < -0.4 is 0 Å². The molecule has 0 radical (unpaired) electrons. The Morgan fingerprint density at radius 2 is 1.48 bits per heavy atom. The van der Waals surface area contributed by atoms with Crippen LogP contribution in [0.1, 0.15) is 55.4 Å². The van der Waals surface area contributed by atoms with Crippen LogP contribution in [0.5, 0.6) is 0 Å². The highest BCUT2D eigenvalue weighted by Crippen LogP contribution is 2.55. The van der Waals surface area contributed by atoms with Crippen molar-refractivity contribution in [1.29, 1.82) is 0 Å². The maximum Gasteiger partial charge on any atom is 0.349 e. The second-order valence-corrected chi connectivity index (χ2v) is 13.6. The van der Waals surface area contributed by atoms with E-state index in [1.165, 1.54) is 0 Å². The van der Waals surface area contributed by atoms with E-state index in [1.54, 1.807) is 0 Å². The largest absolute Gasteiger partial charge is 0.391 e. The molecule has 5 unspecified atom stereocenters. The lowest BCUT2D eigenvalue weighted by atomic mass is 9.85. The van der Waals surface area contributed by atoms with E-state index in [0.29, 0.717) is 6.61 Å². The molecule has 124 valence electrons. The Balaban J connectivity index is 2.34. The molecule has 21 heavy (non-hydrogen) atoms. The summed E-state index contributed by atoms with van der Waals surface area (Å²) in [5.41, 5.74) is 0. The summed E-state index contributed by atoms with van der Waals surface area (Å²) in [6, 6.07) is 0. The minimum absolute atomic E-state index is 0.0160. The number of rotatable bonds is 0. The fourth-order valence-corrected chi connectivity index (χ4v) is 8.97. The first-order valence-corrected chi connectivity index (χ1v) is 9.88. The molecular formula is C16H32O4Si. The van der Waals surface area contributed by atoms with Crippen molar-refractivity contribution in [3.8, 4) is 0 Å². The Kier molecular flexibility index (Phi) is 4.40. The van der Waals surface area contributed by atoms with Crippen LogP contribution in [0.2, 0.25) is 10.1 Å². The number of aliphatic hydroxyl groups excluding tert-OH is 1. The van der Waals surface area contributed by atoms with E-state index < -0.39 is 14.9 Å². The number of hydrogen-bond acceptors (Lipinski definition) is 4. The van der Waals surface area contributed by atoms with Gasteiger partial charge in [0.25, 0.3) is 0 Å². The Bertz CT molecular complexity index is 369. The minimum Gasteiger partial charge on any atom is -0.391 e. The molecule has 0 amide bonds. The third-order valence-corrected chi connectivity index (χ3v) is 10.3. The molecule has 4 nitrogen and oxygen atoms in total. The molecular weight excluding hydrogens is 284 g/mol. The van der Waals surface area contributed by atoms with Gasteiger partial charge in [-0.1, -0.05) is 55.4 Å². The quantitative estimate of drug-likeness (QED) is 0.696. The average Bonchev–Trinajstić information content (AvgIpc) is 2.33. The maximum atomic E-state index is 10.0. The van der Waals surface area contributed by atoms with Crippen LogP contribution in [0.15, 0.2) is 0 Å². The highest BCUT2D eigenvalue weighted by atomic mass is 28.4. The molecule has 0 aliphatic carbocycles. The van der Waals surface area contributed by atoms with E-state index >= 15 is 0 Å². The van der Waals surface area contributed by atoms with Gasteiger partial charge in [-0.3, -0.25) is 0 Å². The van der Waals surface area contributed by atoms with Crippen LogP contribution in [-0.2, 0) is 13.6 Å². The monoisotopic (exact) mass is 316 g/mol. The first-order chi connectivity index (χ1) is 9.41. The molecule has 0 saturated carbocycles. The van der Waals surface area contributed by atoms with Crippen molar-refractivity contribution in [3.63, 3.8) is 0 Å². The normalized spacial score (nSPS) is 40.7. The van der Waals surface area contributed by atoms with E-state index in [1.807, 2.05) is 6.92 Å². The summed E-state index contributed by atoms with van der Waals surface area (Å²) >= 11 is 0. The molecule has 0 aromatic rings. The fourth-order valence-electron chi connectivity index (χ4n) is 3.93. The van der Waals surface area contributed by atoms with Gasteiger partial charge in [0.15, 0.2) is 6.29 Å². The summed E-state index contributed by atoms with van der Waals surface area (Å²) in [5.74, 6) is 0.343. The van der Waals surface area contributed by atoms with Crippen LogP contribution in [0, 0.1) is 11.8 Å². The zero-order valence-corrected chi connectivity index (χ0v) is 15.8. The summed E-state index contributed by atoms with van der Waals surface area (Å²) in [6.45, 7) is 18.0. The molecule has 5 atom stereocenters. The van der Waals surface area contributed by atoms with Crippen LogP contribution in [0.3, 0.4) is 0 Å². The predicted octanol–water partition coefficient (Wildman–Crippen LogP) is 3.43. The van der Waals surface area contributed by atoms with Gasteiger partial charge in [0.1, 0.15) is 6.10 Å². The molecule has 5 heteroatoms. The van der Waals surface area contributed by atoms with Gasteiger partial charge < -0.3 is 18.7 Å². The van der Waals surface area contributed by atoms with Crippen molar-refractivity contribution in [3.05, 3.63) is 0 Å². The lowest BCUT2D eigenvalue weighted by Gasteiger charge is -2.57. The molecule has 2 saturated heterocycles. The summed E-state index contributed by atoms with van der Waals surface area (Å²) in [4.78, 5) is 0. The average molecular weight is 317 g/mol. The molecule has 2 aliphatic rings. The molecule has 1 N–H and O–H groups in total. The van der Waals surface area contributed by atoms with Gasteiger partial charge in [-0.25, -0.2) is 0 Å². The number of fused-ring (bicyclic) bond motifs is 1. The van der Waals surface area contributed by atoms with Crippen LogP contribution in [0.25, 0.3) is 0 Å². The van der Waals surface area contributed by atoms with E-state index in [-0.39, 0.29) is 34.1 Å². The Morgan fingerprint density at radius 3 is 1.95 bits per heavy atom. The predicted molar refractivity (Wildman–Crippen MR) is 85.2 cm³/mol. The standard InChI is InChI=1S/C16H32O4Si/c1-10-11(2)14(17)19-12-9-18-21(15(3,4)5,16(6,7)8)20-13(10)12/h10-14,17H,9H2,1-8H3. The van der Waals surface area contributed by atoms with Crippen LogP contribution in [0.4, 0.5) is 0 Å². The Hall–Kier alpha value is 0.0569. The molecule has 0 aromatic carbocycles. The highest BCUT2D eigenvalue weighted by molar-refractivity contribution is 6.73. The Morgan fingerprint density at radius 1 is 0.952 bits per heavy atom. The number of aliphatic hydroxyl groups is 1. The van der Waals surface area contributed by atoms with Crippen LogP contribution in [-0.4, -0.2) is 38.8 Å².